The molecule has 0 saturated carbocycles. The highest BCUT2D eigenvalue weighted by molar-refractivity contribution is 5.43. The predicted octanol–water partition coefficient (Wildman–Crippen LogP) is 2.40. The second-order valence-electron chi connectivity index (χ2n) is 3.36. The van der Waals surface area contributed by atoms with E-state index in [1.807, 2.05) is 37.3 Å². The Labute approximate surface area is 89.2 Å². The third kappa shape index (κ3) is 2.77. The van der Waals surface area contributed by atoms with E-state index < -0.39 is 0 Å². The van der Waals surface area contributed by atoms with E-state index in [-0.39, 0.29) is 0 Å². The van der Waals surface area contributed by atoms with Gasteiger partial charge >= 0.3 is 0 Å². The van der Waals surface area contributed by atoms with Crippen molar-refractivity contribution in [3.63, 3.8) is 0 Å². The van der Waals surface area contributed by atoms with E-state index in [9.17, 15) is 0 Å². The second-order valence-corrected chi connectivity index (χ2v) is 3.36. The molecule has 0 bridgehead atoms. The zero-order chi connectivity index (χ0) is 10.5. The highest BCUT2D eigenvalue weighted by Gasteiger charge is 1.94. The van der Waals surface area contributed by atoms with Crippen LogP contribution in [0.1, 0.15) is 11.4 Å². The Hall–Kier alpha value is -1.90. The fourth-order valence-electron chi connectivity index (χ4n) is 1.35. The Kier molecular flexibility index (Phi) is 2.93. The summed E-state index contributed by atoms with van der Waals surface area (Å²) < 4.78 is 0. The molecule has 0 aliphatic rings. The molecule has 76 valence electrons. The van der Waals surface area contributed by atoms with E-state index in [0.717, 1.165) is 23.6 Å². The van der Waals surface area contributed by atoms with E-state index in [2.05, 4.69) is 15.3 Å². The summed E-state index contributed by atoms with van der Waals surface area (Å²) >= 11 is 0. The molecule has 15 heavy (non-hydrogen) atoms. The first-order chi connectivity index (χ1) is 7.34. The number of hydrogen-bond donors (Lipinski definition) is 1. The number of nitrogens with one attached hydrogen (secondary N) is 1. The van der Waals surface area contributed by atoms with Crippen molar-refractivity contribution in [3.05, 3.63) is 54.1 Å². The smallest absolute Gasteiger partial charge is 0.0594 e. The van der Waals surface area contributed by atoms with Gasteiger partial charge in [0.25, 0.3) is 0 Å². The summed E-state index contributed by atoms with van der Waals surface area (Å²) in [6, 6.07) is 9.88. The maximum atomic E-state index is 4.24. The molecule has 0 aliphatic heterocycles. The van der Waals surface area contributed by atoms with Crippen LogP contribution in [0.3, 0.4) is 0 Å². The molecule has 0 atom stereocenters. The Morgan fingerprint density at radius 3 is 2.80 bits per heavy atom. The van der Waals surface area contributed by atoms with E-state index in [1.54, 1.807) is 12.4 Å². The van der Waals surface area contributed by atoms with Crippen LogP contribution in [-0.2, 0) is 6.54 Å². The Bertz CT molecular complexity index is 426. The zero-order valence-corrected chi connectivity index (χ0v) is 8.64. The van der Waals surface area contributed by atoms with Crippen molar-refractivity contribution in [3.8, 4) is 0 Å². The molecular formula is C12H13N3. The maximum absolute atomic E-state index is 4.24. The van der Waals surface area contributed by atoms with Crippen molar-refractivity contribution in [2.45, 2.75) is 13.5 Å². The van der Waals surface area contributed by atoms with E-state index in [1.165, 1.54) is 0 Å². The lowest BCUT2D eigenvalue weighted by molar-refractivity contribution is 1.04. The summed E-state index contributed by atoms with van der Waals surface area (Å²) in [4.78, 5) is 8.38. The lowest BCUT2D eigenvalue weighted by Crippen LogP contribution is -2.01. The summed E-state index contributed by atoms with van der Waals surface area (Å²) in [5, 5.41) is 3.30. The summed E-state index contributed by atoms with van der Waals surface area (Å²) in [6.45, 7) is 2.72. The van der Waals surface area contributed by atoms with Crippen molar-refractivity contribution >= 4 is 5.69 Å². The summed E-state index contributed by atoms with van der Waals surface area (Å²) in [6.07, 6.45) is 3.60. The van der Waals surface area contributed by atoms with Crippen molar-refractivity contribution in [1.82, 2.24) is 9.97 Å². The van der Waals surface area contributed by atoms with E-state index >= 15 is 0 Å². The van der Waals surface area contributed by atoms with E-state index in [0.29, 0.717) is 0 Å². The number of anilines is 1. The molecule has 3 nitrogen and oxygen atoms in total. The molecule has 0 radical (unpaired) electrons. The van der Waals surface area contributed by atoms with Crippen molar-refractivity contribution in [1.29, 1.82) is 0 Å². The SMILES string of the molecule is Cc1cc(NCc2ccccn2)ccn1. The number of rotatable bonds is 3. The van der Waals surface area contributed by atoms with Crippen LogP contribution in [-0.4, -0.2) is 9.97 Å². The molecule has 0 unspecified atom stereocenters. The summed E-state index contributed by atoms with van der Waals surface area (Å²) in [7, 11) is 0. The maximum Gasteiger partial charge on any atom is 0.0594 e. The van der Waals surface area contributed by atoms with Crippen LogP contribution >= 0.6 is 0 Å². The van der Waals surface area contributed by atoms with Crippen LogP contribution in [0.25, 0.3) is 0 Å². The van der Waals surface area contributed by atoms with Crippen molar-refractivity contribution in [2.24, 2.45) is 0 Å². The van der Waals surface area contributed by atoms with Crippen LogP contribution < -0.4 is 5.32 Å². The Morgan fingerprint density at radius 2 is 2.07 bits per heavy atom. The molecule has 0 spiro atoms. The molecule has 0 aromatic carbocycles. The summed E-state index contributed by atoms with van der Waals surface area (Å²) in [5.41, 5.74) is 3.13. The van der Waals surface area contributed by atoms with Gasteiger partial charge in [-0.25, -0.2) is 0 Å². The predicted molar refractivity (Wildman–Crippen MR) is 60.5 cm³/mol. The molecule has 0 amide bonds. The average Bonchev–Trinajstić information content (AvgIpc) is 2.28. The first kappa shape index (κ1) is 9.65. The van der Waals surface area contributed by atoms with Crippen LogP contribution in [0.2, 0.25) is 0 Å². The molecule has 3 heteroatoms. The fraction of sp³-hybridized carbons (Fsp3) is 0.167. The largest absolute Gasteiger partial charge is 0.379 e. The molecule has 0 aliphatic carbocycles. The van der Waals surface area contributed by atoms with Gasteiger partial charge in [0.15, 0.2) is 0 Å². The van der Waals surface area contributed by atoms with Gasteiger partial charge in [0.2, 0.25) is 0 Å². The molecule has 1 N–H and O–H groups in total. The van der Waals surface area contributed by atoms with Gasteiger partial charge in [0.1, 0.15) is 0 Å². The van der Waals surface area contributed by atoms with Crippen LogP contribution in [0, 0.1) is 6.92 Å². The first-order valence-corrected chi connectivity index (χ1v) is 4.91. The number of nitrogens with zero attached hydrogens (tertiary/aromatic N) is 2. The average molecular weight is 199 g/mol. The van der Waals surface area contributed by atoms with Gasteiger partial charge in [-0.15, -0.1) is 0 Å². The van der Waals surface area contributed by atoms with Gasteiger partial charge in [-0.1, -0.05) is 6.07 Å². The third-order valence-electron chi connectivity index (χ3n) is 2.10. The highest BCUT2D eigenvalue weighted by Crippen LogP contribution is 2.08. The number of pyridine rings is 2. The minimum atomic E-state index is 0.740. The van der Waals surface area contributed by atoms with Crippen molar-refractivity contribution < 1.29 is 0 Å². The molecule has 2 aromatic rings. The first-order valence-electron chi connectivity index (χ1n) is 4.91. The molecule has 2 heterocycles. The van der Waals surface area contributed by atoms with Gasteiger partial charge < -0.3 is 5.32 Å². The van der Waals surface area contributed by atoms with Gasteiger partial charge in [-0.2, -0.15) is 0 Å². The number of aromatic nitrogens is 2. The van der Waals surface area contributed by atoms with Crippen LogP contribution in [0.5, 0.6) is 0 Å². The van der Waals surface area contributed by atoms with Gasteiger partial charge in [-0.05, 0) is 31.2 Å². The number of hydrogen-bond acceptors (Lipinski definition) is 3. The molecular weight excluding hydrogens is 186 g/mol. The zero-order valence-electron chi connectivity index (χ0n) is 8.64. The van der Waals surface area contributed by atoms with Crippen LogP contribution in [0.15, 0.2) is 42.7 Å². The molecule has 0 saturated heterocycles. The fourth-order valence-corrected chi connectivity index (χ4v) is 1.35. The molecule has 2 rings (SSSR count). The highest BCUT2D eigenvalue weighted by atomic mass is 14.9. The number of aryl methyl sites for hydroxylation is 1. The minimum absolute atomic E-state index is 0.740. The molecule has 0 fully saturated rings. The van der Waals surface area contributed by atoms with Gasteiger partial charge in [0.05, 0.1) is 12.2 Å². The standard InChI is InChI=1S/C12H13N3/c1-10-8-11(5-7-13-10)15-9-12-4-2-3-6-14-12/h2-8H,9H2,1H3,(H,13,15). The third-order valence-corrected chi connectivity index (χ3v) is 2.10. The van der Waals surface area contributed by atoms with Gasteiger partial charge in [-0.3, -0.25) is 9.97 Å². The normalized spacial score (nSPS) is 9.93. The van der Waals surface area contributed by atoms with Crippen LogP contribution in [0.4, 0.5) is 5.69 Å². The van der Waals surface area contributed by atoms with E-state index in [4.69, 9.17) is 0 Å². The second kappa shape index (κ2) is 4.55. The Morgan fingerprint density at radius 1 is 1.13 bits per heavy atom. The molecule has 2 aromatic heterocycles. The Balaban J connectivity index is 1.99. The quantitative estimate of drug-likeness (QED) is 0.824. The summed E-state index contributed by atoms with van der Waals surface area (Å²) in [5.74, 6) is 0. The van der Waals surface area contributed by atoms with Crippen molar-refractivity contribution in [2.75, 3.05) is 5.32 Å². The lowest BCUT2D eigenvalue weighted by atomic mass is 10.3. The van der Waals surface area contributed by atoms with Gasteiger partial charge in [0, 0.05) is 23.8 Å². The monoisotopic (exact) mass is 199 g/mol. The minimum Gasteiger partial charge on any atom is -0.379 e. The lowest BCUT2D eigenvalue weighted by Gasteiger charge is -2.05. The topological polar surface area (TPSA) is 37.8 Å².